The van der Waals surface area contributed by atoms with Crippen molar-refractivity contribution in [3.05, 3.63) is 34.9 Å². The molecule has 0 N–H and O–H groups in total. The Morgan fingerprint density at radius 2 is 2.20 bits per heavy atom. The van der Waals surface area contributed by atoms with Gasteiger partial charge in [0.1, 0.15) is 5.60 Å². The van der Waals surface area contributed by atoms with Crippen LogP contribution in [0.4, 0.5) is 0 Å². The lowest BCUT2D eigenvalue weighted by Gasteiger charge is -2.23. The van der Waals surface area contributed by atoms with Gasteiger partial charge in [-0.2, -0.15) is 0 Å². The lowest BCUT2D eigenvalue weighted by atomic mass is 9.89. The van der Waals surface area contributed by atoms with Crippen LogP contribution in [0.15, 0.2) is 18.2 Å². The number of carbonyl (C=O) groups excluding carboxylic acids is 1. The molecule has 1 aromatic rings. The highest BCUT2D eigenvalue weighted by molar-refractivity contribution is 5.74. The van der Waals surface area contributed by atoms with Crippen LogP contribution in [0.3, 0.4) is 0 Å². The monoisotopic (exact) mass is 202 g/mol. The molecule has 0 spiro atoms. The molecule has 3 rings (SSSR count). The first kappa shape index (κ1) is 8.96. The summed E-state index contributed by atoms with van der Waals surface area (Å²) in [5.41, 5.74) is 3.45. The lowest BCUT2D eigenvalue weighted by molar-refractivity contribution is -0.148. The number of benzene rings is 1. The Bertz CT molecular complexity index is 450. The SMILES string of the molecule is Cc1ccc2c(c1)[C@]1(C)OC(=O)C[C@@H]1C2. The van der Waals surface area contributed by atoms with E-state index >= 15 is 0 Å². The first-order valence-corrected chi connectivity index (χ1v) is 5.41. The summed E-state index contributed by atoms with van der Waals surface area (Å²) >= 11 is 0. The van der Waals surface area contributed by atoms with Gasteiger partial charge in [-0.05, 0) is 31.4 Å². The average Bonchev–Trinajstić information content (AvgIpc) is 2.57. The summed E-state index contributed by atoms with van der Waals surface area (Å²) in [5.74, 6) is 0.302. The van der Waals surface area contributed by atoms with Crippen molar-refractivity contribution < 1.29 is 9.53 Å². The molecule has 0 radical (unpaired) electrons. The van der Waals surface area contributed by atoms with Gasteiger partial charge in [-0.1, -0.05) is 23.8 Å². The zero-order valence-corrected chi connectivity index (χ0v) is 9.04. The molecule has 0 aromatic heterocycles. The van der Waals surface area contributed by atoms with Gasteiger partial charge in [0, 0.05) is 5.92 Å². The summed E-state index contributed by atoms with van der Waals surface area (Å²) in [6.45, 7) is 4.13. The fourth-order valence-electron chi connectivity index (χ4n) is 2.90. The molecule has 0 unspecified atom stereocenters. The van der Waals surface area contributed by atoms with E-state index in [1.807, 2.05) is 6.92 Å². The fraction of sp³-hybridized carbons (Fsp3) is 0.462. The Kier molecular flexibility index (Phi) is 1.57. The fourth-order valence-corrected chi connectivity index (χ4v) is 2.90. The van der Waals surface area contributed by atoms with E-state index in [9.17, 15) is 4.79 Å². The van der Waals surface area contributed by atoms with Crippen molar-refractivity contribution in [3.63, 3.8) is 0 Å². The molecule has 1 saturated heterocycles. The normalized spacial score (nSPS) is 32.4. The molecule has 1 aromatic carbocycles. The Morgan fingerprint density at radius 3 is 3.00 bits per heavy atom. The molecular formula is C13H14O2. The van der Waals surface area contributed by atoms with Gasteiger partial charge in [0.05, 0.1) is 6.42 Å². The Morgan fingerprint density at radius 1 is 1.40 bits per heavy atom. The van der Waals surface area contributed by atoms with Gasteiger partial charge in [-0.3, -0.25) is 4.79 Å². The van der Waals surface area contributed by atoms with Gasteiger partial charge in [0.2, 0.25) is 0 Å². The van der Waals surface area contributed by atoms with E-state index in [2.05, 4.69) is 25.1 Å². The second-order valence-corrected chi connectivity index (χ2v) is 4.85. The zero-order valence-electron chi connectivity index (χ0n) is 9.04. The topological polar surface area (TPSA) is 26.3 Å². The quantitative estimate of drug-likeness (QED) is 0.603. The summed E-state index contributed by atoms with van der Waals surface area (Å²) in [5, 5.41) is 0. The van der Waals surface area contributed by atoms with Crippen molar-refractivity contribution in [3.8, 4) is 0 Å². The molecular weight excluding hydrogens is 188 g/mol. The standard InChI is InChI=1S/C13H14O2/c1-8-3-4-9-6-10-7-12(14)15-13(10,2)11(9)5-8/h3-5,10H,6-7H2,1-2H3/t10-,13+/m0/s1. The third-order valence-corrected chi connectivity index (χ3v) is 3.78. The summed E-state index contributed by atoms with van der Waals surface area (Å²) in [4.78, 5) is 11.3. The highest BCUT2D eigenvalue weighted by Gasteiger charge is 2.51. The minimum atomic E-state index is -0.349. The van der Waals surface area contributed by atoms with Crippen molar-refractivity contribution >= 4 is 5.97 Å². The van der Waals surface area contributed by atoms with Crippen molar-refractivity contribution in [2.75, 3.05) is 0 Å². The van der Waals surface area contributed by atoms with Crippen LogP contribution in [0.2, 0.25) is 0 Å². The summed E-state index contributed by atoms with van der Waals surface area (Å²) in [7, 11) is 0. The van der Waals surface area contributed by atoms with Crippen molar-refractivity contribution in [2.24, 2.45) is 5.92 Å². The number of hydrogen-bond donors (Lipinski definition) is 0. The molecule has 2 heteroatoms. The van der Waals surface area contributed by atoms with Crippen molar-refractivity contribution in [2.45, 2.75) is 32.3 Å². The van der Waals surface area contributed by atoms with E-state index < -0.39 is 0 Å². The molecule has 15 heavy (non-hydrogen) atoms. The molecule has 1 aliphatic carbocycles. The Labute approximate surface area is 89.2 Å². The highest BCUT2D eigenvalue weighted by atomic mass is 16.6. The summed E-state index contributed by atoms with van der Waals surface area (Å²) < 4.78 is 5.52. The van der Waals surface area contributed by atoms with E-state index in [0.29, 0.717) is 12.3 Å². The van der Waals surface area contributed by atoms with Crippen LogP contribution in [-0.2, 0) is 21.6 Å². The van der Waals surface area contributed by atoms with E-state index in [4.69, 9.17) is 4.74 Å². The molecule has 0 amide bonds. The van der Waals surface area contributed by atoms with Crippen molar-refractivity contribution in [1.29, 1.82) is 0 Å². The largest absolute Gasteiger partial charge is 0.454 e. The Balaban J connectivity index is 2.16. The molecule has 0 saturated carbocycles. The minimum absolute atomic E-state index is 0.0466. The molecule has 78 valence electrons. The van der Waals surface area contributed by atoms with Crippen LogP contribution in [0.5, 0.6) is 0 Å². The predicted octanol–water partition coefficient (Wildman–Crippen LogP) is 2.33. The summed E-state index contributed by atoms with van der Waals surface area (Å²) in [6, 6.07) is 6.46. The molecule has 2 atom stereocenters. The molecule has 2 nitrogen and oxygen atoms in total. The van der Waals surface area contributed by atoms with Crippen LogP contribution in [0, 0.1) is 12.8 Å². The predicted molar refractivity (Wildman–Crippen MR) is 56.4 cm³/mol. The molecule has 2 aliphatic rings. The zero-order chi connectivity index (χ0) is 10.6. The van der Waals surface area contributed by atoms with Crippen LogP contribution < -0.4 is 0 Å². The maximum atomic E-state index is 11.3. The van der Waals surface area contributed by atoms with Crippen LogP contribution >= 0.6 is 0 Å². The average molecular weight is 202 g/mol. The van der Waals surface area contributed by atoms with Gasteiger partial charge in [-0.15, -0.1) is 0 Å². The first-order valence-electron chi connectivity index (χ1n) is 5.41. The molecule has 0 bridgehead atoms. The third kappa shape index (κ3) is 1.08. The maximum Gasteiger partial charge on any atom is 0.307 e. The lowest BCUT2D eigenvalue weighted by Crippen LogP contribution is -2.24. The number of ether oxygens (including phenoxy) is 1. The molecule has 1 aliphatic heterocycles. The second-order valence-electron chi connectivity index (χ2n) is 4.85. The van der Waals surface area contributed by atoms with Gasteiger partial charge in [0.25, 0.3) is 0 Å². The maximum absolute atomic E-state index is 11.3. The van der Waals surface area contributed by atoms with E-state index in [1.165, 1.54) is 16.7 Å². The van der Waals surface area contributed by atoms with Gasteiger partial charge < -0.3 is 4.74 Å². The first-order chi connectivity index (χ1) is 7.09. The highest BCUT2D eigenvalue weighted by Crippen LogP contribution is 2.50. The van der Waals surface area contributed by atoms with Gasteiger partial charge in [0.15, 0.2) is 0 Å². The number of hydrogen-bond acceptors (Lipinski definition) is 2. The number of fused-ring (bicyclic) bond motifs is 3. The van der Waals surface area contributed by atoms with Crippen LogP contribution in [0.1, 0.15) is 30.0 Å². The number of carbonyl (C=O) groups is 1. The summed E-state index contributed by atoms with van der Waals surface area (Å²) in [6.07, 6.45) is 1.56. The Hall–Kier alpha value is -1.31. The number of aryl methyl sites for hydroxylation is 1. The van der Waals surface area contributed by atoms with Gasteiger partial charge >= 0.3 is 5.97 Å². The molecule has 1 fully saturated rings. The van der Waals surface area contributed by atoms with E-state index in [1.54, 1.807) is 0 Å². The molecule has 1 heterocycles. The van der Waals surface area contributed by atoms with Crippen LogP contribution in [0.25, 0.3) is 0 Å². The number of esters is 1. The third-order valence-electron chi connectivity index (χ3n) is 3.78. The smallest absolute Gasteiger partial charge is 0.307 e. The minimum Gasteiger partial charge on any atom is -0.454 e. The number of rotatable bonds is 0. The van der Waals surface area contributed by atoms with Crippen molar-refractivity contribution in [1.82, 2.24) is 0 Å². The second kappa shape index (κ2) is 2.63. The van der Waals surface area contributed by atoms with E-state index in [-0.39, 0.29) is 11.6 Å². The van der Waals surface area contributed by atoms with Crippen LogP contribution in [-0.4, -0.2) is 5.97 Å². The van der Waals surface area contributed by atoms with E-state index in [0.717, 1.165) is 6.42 Å². The van der Waals surface area contributed by atoms with Gasteiger partial charge in [-0.25, -0.2) is 0 Å².